The average molecular weight is 326 g/mol. The van der Waals surface area contributed by atoms with Crippen LogP contribution in [0.3, 0.4) is 0 Å². The van der Waals surface area contributed by atoms with Gasteiger partial charge in [0, 0.05) is 22.6 Å². The van der Waals surface area contributed by atoms with Crippen LogP contribution in [0.4, 0.5) is 4.79 Å². The normalized spacial score (nSPS) is 26.6. The van der Waals surface area contributed by atoms with Gasteiger partial charge in [0.05, 0.1) is 16.7 Å². The Bertz CT molecular complexity index is 507. The minimum atomic E-state index is -0.0859. The Kier molecular flexibility index (Phi) is 4.45. The molecule has 2 N–H and O–H groups in total. The number of thiazole rings is 1. The molecule has 2 fully saturated rings. The molecular weight excluding hydrogens is 302 g/mol. The topological polar surface area (TPSA) is 54.0 Å². The molecule has 2 heterocycles. The highest BCUT2D eigenvalue weighted by Crippen LogP contribution is 2.41. The third-order valence-corrected chi connectivity index (χ3v) is 6.74. The Morgan fingerprint density at radius 2 is 2.38 bits per heavy atom. The van der Waals surface area contributed by atoms with Gasteiger partial charge in [-0.2, -0.15) is 11.8 Å². The van der Waals surface area contributed by atoms with Crippen LogP contribution in [-0.2, 0) is 0 Å². The van der Waals surface area contributed by atoms with Crippen LogP contribution in [0.1, 0.15) is 62.2 Å². The Morgan fingerprint density at radius 3 is 3.05 bits per heavy atom. The minimum absolute atomic E-state index is 0.0298. The van der Waals surface area contributed by atoms with Gasteiger partial charge in [-0.1, -0.05) is 0 Å². The molecule has 6 heteroatoms. The van der Waals surface area contributed by atoms with Gasteiger partial charge in [0.15, 0.2) is 0 Å². The molecule has 1 saturated heterocycles. The lowest BCUT2D eigenvalue weighted by Gasteiger charge is -2.23. The van der Waals surface area contributed by atoms with Gasteiger partial charge in [0.1, 0.15) is 0 Å². The lowest BCUT2D eigenvalue weighted by atomic mass is 10.1. The summed E-state index contributed by atoms with van der Waals surface area (Å²) in [7, 11) is 0. The summed E-state index contributed by atoms with van der Waals surface area (Å²) in [5.74, 6) is 1.89. The van der Waals surface area contributed by atoms with Crippen LogP contribution in [0.5, 0.6) is 0 Å². The summed E-state index contributed by atoms with van der Waals surface area (Å²) in [6, 6.07) is -0.116. The van der Waals surface area contributed by atoms with Gasteiger partial charge in [0.2, 0.25) is 0 Å². The van der Waals surface area contributed by atoms with E-state index in [1.807, 2.05) is 18.7 Å². The van der Waals surface area contributed by atoms with Gasteiger partial charge in [-0.15, -0.1) is 11.3 Å². The highest BCUT2D eigenvalue weighted by Gasteiger charge is 2.30. The second kappa shape index (κ2) is 6.16. The first-order chi connectivity index (χ1) is 10.1. The number of urea groups is 1. The summed E-state index contributed by atoms with van der Waals surface area (Å²) in [4.78, 5) is 16.7. The predicted octanol–water partition coefficient (Wildman–Crippen LogP) is 3.67. The highest BCUT2D eigenvalue weighted by atomic mass is 32.2. The van der Waals surface area contributed by atoms with Gasteiger partial charge in [-0.3, -0.25) is 0 Å². The lowest BCUT2D eigenvalue weighted by molar-refractivity contribution is 0.236. The number of carbonyl (C=O) groups is 1. The second-order valence-electron chi connectivity index (χ2n) is 6.34. The van der Waals surface area contributed by atoms with Crippen LogP contribution in [0.25, 0.3) is 0 Å². The van der Waals surface area contributed by atoms with E-state index in [1.54, 1.807) is 11.3 Å². The van der Waals surface area contributed by atoms with E-state index in [0.717, 1.165) is 12.2 Å². The Labute approximate surface area is 134 Å². The molecule has 0 aromatic carbocycles. The average Bonchev–Trinajstić information content (AvgIpc) is 3.02. The van der Waals surface area contributed by atoms with Crippen molar-refractivity contribution in [2.45, 2.75) is 56.2 Å². The molecule has 3 rings (SSSR count). The van der Waals surface area contributed by atoms with E-state index < -0.39 is 0 Å². The molecule has 0 bridgehead atoms. The van der Waals surface area contributed by atoms with Gasteiger partial charge in [-0.05, 0) is 45.3 Å². The van der Waals surface area contributed by atoms with Crippen LogP contribution < -0.4 is 10.6 Å². The van der Waals surface area contributed by atoms with Crippen molar-refractivity contribution in [1.29, 1.82) is 0 Å². The van der Waals surface area contributed by atoms with E-state index in [1.165, 1.54) is 36.4 Å². The van der Waals surface area contributed by atoms with Crippen molar-refractivity contribution in [2.75, 3.05) is 12.3 Å². The van der Waals surface area contributed by atoms with Crippen molar-refractivity contribution < 1.29 is 4.79 Å². The van der Waals surface area contributed by atoms with Gasteiger partial charge >= 0.3 is 6.03 Å². The first-order valence-electron chi connectivity index (χ1n) is 7.69. The van der Waals surface area contributed by atoms with Crippen LogP contribution in [-0.4, -0.2) is 28.1 Å². The number of thioether (sulfide) groups is 1. The standard InChI is InChI=1S/C15H23N3OS2/c1-10(12-8-20-13(18-12)11-4-5-11)17-14(19)16-9-15(2)6-3-7-21-15/h8,10-11H,3-7,9H2,1-2H3,(H2,16,17,19)/t10-,15+/m1/s1. The molecule has 1 aromatic heterocycles. The molecule has 2 aliphatic rings. The van der Waals surface area contributed by atoms with Crippen LogP contribution in [0, 0.1) is 0 Å². The molecule has 2 amide bonds. The van der Waals surface area contributed by atoms with Crippen molar-refractivity contribution in [3.05, 3.63) is 16.1 Å². The van der Waals surface area contributed by atoms with E-state index in [0.29, 0.717) is 5.92 Å². The zero-order valence-electron chi connectivity index (χ0n) is 12.6. The lowest BCUT2D eigenvalue weighted by Crippen LogP contribution is -2.43. The molecule has 1 aliphatic carbocycles. The van der Waals surface area contributed by atoms with Crippen LogP contribution in [0.2, 0.25) is 0 Å². The van der Waals surface area contributed by atoms with Crippen LogP contribution >= 0.6 is 23.1 Å². The Balaban J connectivity index is 1.46. The third-order valence-electron chi connectivity index (χ3n) is 4.18. The van der Waals surface area contributed by atoms with E-state index in [9.17, 15) is 4.79 Å². The van der Waals surface area contributed by atoms with Crippen molar-refractivity contribution in [3.8, 4) is 0 Å². The fourth-order valence-corrected chi connectivity index (χ4v) is 4.91. The maximum absolute atomic E-state index is 12.0. The first kappa shape index (κ1) is 15.2. The van der Waals surface area contributed by atoms with Gasteiger partial charge < -0.3 is 10.6 Å². The SMILES string of the molecule is C[C@@H](NC(=O)NC[C@]1(C)CCCS1)c1csc(C2CC2)n1. The first-order valence-corrected chi connectivity index (χ1v) is 9.56. The summed E-state index contributed by atoms with van der Waals surface area (Å²) in [6.45, 7) is 4.97. The summed E-state index contributed by atoms with van der Waals surface area (Å²) in [5, 5.41) is 9.31. The van der Waals surface area contributed by atoms with Gasteiger partial charge in [-0.25, -0.2) is 9.78 Å². The highest BCUT2D eigenvalue weighted by molar-refractivity contribution is 8.00. The fourth-order valence-electron chi connectivity index (χ4n) is 2.58. The predicted molar refractivity (Wildman–Crippen MR) is 89.1 cm³/mol. The molecule has 1 aromatic rings. The number of nitrogens with zero attached hydrogens (tertiary/aromatic N) is 1. The molecule has 116 valence electrons. The van der Waals surface area contributed by atoms with Crippen molar-refractivity contribution in [3.63, 3.8) is 0 Å². The van der Waals surface area contributed by atoms with Crippen molar-refractivity contribution >= 4 is 29.1 Å². The smallest absolute Gasteiger partial charge is 0.315 e. The number of hydrogen-bond donors (Lipinski definition) is 2. The van der Waals surface area contributed by atoms with Crippen molar-refractivity contribution in [1.82, 2.24) is 15.6 Å². The maximum Gasteiger partial charge on any atom is 0.315 e. The number of aromatic nitrogens is 1. The van der Waals surface area contributed by atoms with Crippen LogP contribution in [0.15, 0.2) is 5.38 Å². The Hall–Kier alpha value is -0.750. The zero-order valence-corrected chi connectivity index (χ0v) is 14.3. The molecule has 0 spiro atoms. The minimum Gasteiger partial charge on any atom is -0.337 e. The molecule has 4 nitrogen and oxygen atoms in total. The number of rotatable bonds is 5. The summed E-state index contributed by atoms with van der Waals surface area (Å²) in [5.41, 5.74) is 0.985. The largest absolute Gasteiger partial charge is 0.337 e. The quantitative estimate of drug-likeness (QED) is 0.868. The summed E-state index contributed by atoms with van der Waals surface area (Å²) in [6.07, 6.45) is 4.98. The molecule has 0 unspecified atom stereocenters. The molecule has 2 atom stereocenters. The second-order valence-corrected chi connectivity index (χ2v) is 8.91. The molecular formula is C15H23N3OS2. The number of carbonyl (C=O) groups excluding carboxylic acids is 1. The van der Waals surface area contributed by atoms with Crippen molar-refractivity contribution in [2.24, 2.45) is 0 Å². The van der Waals surface area contributed by atoms with E-state index >= 15 is 0 Å². The number of amides is 2. The molecule has 1 aliphatic heterocycles. The third kappa shape index (κ3) is 3.92. The fraction of sp³-hybridized carbons (Fsp3) is 0.733. The summed E-state index contributed by atoms with van der Waals surface area (Å²) < 4.78 is 0.209. The van der Waals surface area contributed by atoms with E-state index in [4.69, 9.17) is 0 Å². The monoisotopic (exact) mass is 325 g/mol. The molecule has 21 heavy (non-hydrogen) atoms. The zero-order chi connectivity index (χ0) is 14.9. The molecule has 1 saturated carbocycles. The Morgan fingerprint density at radius 1 is 1.57 bits per heavy atom. The molecule has 0 radical (unpaired) electrons. The van der Waals surface area contributed by atoms with Gasteiger partial charge in [0.25, 0.3) is 0 Å². The summed E-state index contributed by atoms with van der Waals surface area (Å²) >= 11 is 3.68. The number of nitrogens with one attached hydrogen (secondary N) is 2. The maximum atomic E-state index is 12.0. The number of hydrogen-bond acceptors (Lipinski definition) is 4. The van der Waals surface area contributed by atoms with E-state index in [2.05, 4.69) is 27.9 Å². The van der Waals surface area contributed by atoms with E-state index in [-0.39, 0.29) is 16.8 Å².